The van der Waals surface area contributed by atoms with Gasteiger partial charge in [0.1, 0.15) is 18.5 Å². The highest BCUT2D eigenvalue weighted by Gasteiger charge is 2.34. The summed E-state index contributed by atoms with van der Waals surface area (Å²) in [6.45, 7) is 1.13. The number of ether oxygens (including phenoxy) is 1. The number of para-hydroxylation sites is 1. The maximum absolute atomic E-state index is 13.5. The highest BCUT2D eigenvalue weighted by molar-refractivity contribution is 6.01. The van der Waals surface area contributed by atoms with Crippen molar-refractivity contribution in [2.45, 2.75) is 25.0 Å². The molecule has 2 aromatic carbocycles. The van der Waals surface area contributed by atoms with Crippen molar-refractivity contribution in [3.63, 3.8) is 0 Å². The van der Waals surface area contributed by atoms with Crippen molar-refractivity contribution in [1.82, 2.24) is 9.88 Å². The molecular formula is C25H23N3O4. The maximum atomic E-state index is 13.5. The van der Waals surface area contributed by atoms with E-state index in [1.165, 1.54) is 0 Å². The summed E-state index contributed by atoms with van der Waals surface area (Å²) < 4.78 is 5.88. The van der Waals surface area contributed by atoms with E-state index in [1.807, 2.05) is 48.5 Å². The van der Waals surface area contributed by atoms with Crippen LogP contribution in [0.3, 0.4) is 0 Å². The fraction of sp³-hybridized carbons (Fsp3) is 0.240. The lowest BCUT2D eigenvalue weighted by atomic mass is 9.89. The zero-order valence-electron chi connectivity index (χ0n) is 17.4. The molecule has 0 bridgehead atoms. The SMILES string of the molecule is O=C1CC(C(=O)N2CCOc3ccc(C(O)c4ccccn4)cc3C2)c2ccccc2N1. The number of carbonyl (C=O) groups excluding carboxylic acids is 2. The summed E-state index contributed by atoms with van der Waals surface area (Å²) in [6.07, 6.45) is 0.894. The molecule has 7 heteroatoms. The molecule has 3 aromatic rings. The molecule has 0 radical (unpaired) electrons. The number of aliphatic hydroxyl groups excluding tert-OH is 1. The van der Waals surface area contributed by atoms with Gasteiger partial charge in [-0.1, -0.05) is 30.3 Å². The van der Waals surface area contributed by atoms with E-state index in [0.29, 0.717) is 42.4 Å². The number of fused-ring (bicyclic) bond motifs is 2. The fourth-order valence-electron chi connectivity index (χ4n) is 4.33. The fourth-order valence-corrected chi connectivity index (χ4v) is 4.33. The predicted octanol–water partition coefficient (Wildman–Crippen LogP) is 3.01. The van der Waals surface area contributed by atoms with E-state index in [-0.39, 0.29) is 18.2 Å². The number of rotatable bonds is 3. The van der Waals surface area contributed by atoms with Crippen molar-refractivity contribution in [3.05, 3.63) is 89.2 Å². The van der Waals surface area contributed by atoms with E-state index in [2.05, 4.69) is 10.3 Å². The van der Waals surface area contributed by atoms with E-state index in [9.17, 15) is 14.7 Å². The Hall–Kier alpha value is -3.71. The molecule has 2 aliphatic heterocycles. The second kappa shape index (κ2) is 8.43. The van der Waals surface area contributed by atoms with Gasteiger partial charge >= 0.3 is 0 Å². The molecule has 32 heavy (non-hydrogen) atoms. The Kier molecular flexibility index (Phi) is 5.33. The Morgan fingerprint density at radius 3 is 2.84 bits per heavy atom. The Morgan fingerprint density at radius 2 is 2.00 bits per heavy atom. The minimum absolute atomic E-state index is 0.0978. The number of carbonyl (C=O) groups is 2. The smallest absolute Gasteiger partial charge is 0.231 e. The number of benzene rings is 2. The summed E-state index contributed by atoms with van der Waals surface area (Å²) in [5.41, 5.74) is 3.58. The van der Waals surface area contributed by atoms with E-state index >= 15 is 0 Å². The number of aromatic nitrogens is 1. The summed E-state index contributed by atoms with van der Waals surface area (Å²) in [6, 6.07) is 18.3. The molecule has 1 aromatic heterocycles. The average molecular weight is 429 g/mol. The Bertz CT molecular complexity index is 1160. The summed E-state index contributed by atoms with van der Waals surface area (Å²) in [5.74, 6) is -0.0865. The third kappa shape index (κ3) is 3.83. The van der Waals surface area contributed by atoms with Gasteiger partial charge in [0, 0.05) is 30.4 Å². The first-order valence-electron chi connectivity index (χ1n) is 10.6. The van der Waals surface area contributed by atoms with Crippen LogP contribution in [0.2, 0.25) is 0 Å². The van der Waals surface area contributed by atoms with Gasteiger partial charge in [-0.15, -0.1) is 0 Å². The van der Waals surface area contributed by atoms with Crippen molar-refractivity contribution in [2.24, 2.45) is 0 Å². The molecule has 3 heterocycles. The number of pyridine rings is 1. The van der Waals surface area contributed by atoms with Crippen LogP contribution in [0.15, 0.2) is 66.9 Å². The first kappa shape index (κ1) is 20.2. The van der Waals surface area contributed by atoms with Crippen LogP contribution >= 0.6 is 0 Å². The third-order valence-corrected chi connectivity index (χ3v) is 5.96. The van der Waals surface area contributed by atoms with Gasteiger partial charge in [0.2, 0.25) is 11.8 Å². The molecule has 0 fully saturated rings. The number of hydrogen-bond acceptors (Lipinski definition) is 5. The second-order valence-electron chi connectivity index (χ2n) is 8.02. The van der Waals surface area contributed by atoms with E-state index in [0.717, 1.165) is 11.1 Å². The van der Waals surface area contributed by atoms with E-state index in [4.69, 9.17) is 4.74 Å². The second-order valence-corrected chi connectivity index (χ2v) is 8.02. The number of aliphatic hydroxyl groups is 1. The lowest BCUT2D eigenvalue weighted by Gasteiger charge is -2.29. The quantitative estimate of drug-likeness (QED) is 0.668. The van der Waals surface area contributed by atoms with Crippen LogP contribution in [0, 0.1) is 0 Å². The maximum Gasteiger partial charge on any atom is 0.231 e. The predicted molar refractivity (Wildman–Crippen MR) is 118 cm³/mol. The van der Waals surface area contributed by atoms with Crippen LogP contribution in [0.25, 0.3) is 0 Å². The van der Waals surface area contributed by atoms with Crippen molar-refractivity contribution in [2.75, 3.05) is 18.5 Å². The Labute approximate surface area is 185 Å². The molecule has 0 aliphatic carbocycles. The van der Waals surface area contributed by atoms with E-state index in [1.54, 1.807) is 23.2 Å². The normalized spacial score (nSPS) is 18.5. The van der Waals surface area contributed by atoms with Crippen LogP contribution in [-0.4, -0.2) is 40.0 Å². The van der Waals surface area contributed by atoms with Crippen molar-refractivity contribution >= 4 is 17.5 Å². The number of anilines is 1. The summed E-state index contributed by atoms with van der Waals surface area (Å²) in [5, 5.41) is 13.6. The largest absolute Gasteiger partial charge is 0.491 e. The van der Waals surface area contributed by atoms with Gasteiger partial charge in [-0.2, -0.15) is 0 Å². The zero-order valence-corrected chi connectivity index (χ0v) is 17.4. The molecule has 2 unspecified atom stereocenters. The number of amides is 2. The monoisotopic (exact) mass is 429 g/mol. The highest BCUT2D eigenvalue weighted by atomic mass is 16.5. The van der Waals surface area contributed by atoms with Crippen molar-refractivity contribution < 1.29 is 19.4 Å². The van der Waals surface area contributed by atoms with Crippen molar-refractivity contribution in [1.29, 1.82) is 0 Å². The minimum atomic E-state index is -0.872. The Balaban J connectivity index is 1.42. The summed E-state index contributed by atoms with van der Waals surface area (Å²) in [4.78, 5) is 31.7. The van der Waals surface area contributed by atoms with E-state index < -0.39 is 12.0 Å². The molecule has 2 amide bonds. The van der Waals surface area contributed by atoms with Gasteiger partial charge in [0.05, 0.1) is 18.2 Å². The number of nitrogens with zero attached hydrogens (tertiary/aromatic N) is 2. The molecule has 2 N–H and O–H groups in total. The molecule has 0 saturated heterocycles. The molecule has 2 aliphatic rings. The van der Waals surface area contributed by atoms with Crippen LogP contribution in [-0.2, 0) is 16.1 Å². The van der Waals surface area contributed by atoms with Gasteiger partial charge in [-0.25, -0.2) is 0 Å². The summed E-state index contributed by atoms with van der Waals surface area (Å²) >= 11 is 0. The average Bonchev–Trinajstić information content (AvgIpc) is 3.05. The third-order valence-electron chi connectivity index (χ3n) is 5.96. The topological polar surface area (TPSA) is 91.8 Å². The number of hydrogen-bond donors (Lipinski definition) is 2. The van der Waals surface area contributed by atoms with Gasteiger partial charge in [0.15, 0.2) is 0 Å². The van der Waals surface area contributed by atoms with Crippen LogP contribution < -0.4 is 10.1 Å². The van der Waals surface area contributed by atoms with Gasteiger partial charge in [-0.05, 0) is 41.5 Å². The van der Waals surface area contributed by atoms with Crippen molar-refractivity contribution in [3.8, 4) is 5.75 Å². The van der Waals surface area contributed by atoms with Crippen LogP contribution in [0.1, 0.15) is 40.8 Å². The zero-order chi connectivity index (χ0) is 22.1. The standard InChI is InChI=1S/C25H23N3O4/c29-23-14-19(18-5-1-2-6-20(18)27-23)25(31)28-11-12-32-22-9-8-16(13-17(22)15-28)24(30)21-7-3-4-10-26-21/h1-10,13,19,24,30H,11-12,14-15H2,(H,27,29). The molecule has 0 saturated carbocycles. The molecular weight excluding hydrogens is 406 g/mol. The first-order chi connectivity index (χ1) is 15.6. The Morgan fingerprint density at radius 1 is 1.16 bits per heavy atom. The number of nitrogens with one attached hydrogen (secondary N) is 1. The summed E-state index contributed by atoms with van der Waals surface area (Å²) in [7, 11) is 0. The molecule has 162 valence electrons. The first-order valence-corrected chi connectivity index (χ1v) is 10.6. The molecule has 7 nitrogen and oxygen atoms in total. The molecule has 0 spiro atoms. The van der Waals surface area contributed by atoms with Gasteiger partial charge < -0.3 is 20.1 Å². The lowest BCUT2D eigenvalue weighted by molar-refractivity contribution is -0.135. The molecule has 2 atom stereocenters. The van der Waals surface area contributed by atoms with Crippen LogP contribution in [0.5, 0.6) is 5.75 Å². The minimum Gasteiger partial charge on any atom is -0.491 e. The van der Waals surface area contributed by atoms with Crippen LogP contribution in [0.4, 0.5) is 5.69 Å². The van der Waals surface area contributed by atoms with Gasteiger partial charge in [-0.3, -0.25) is 14.6 Å². The lowest BCUT2D eigenvalue weighted by Crippen LogP contribution is -2.39. The molecule has 5 rings (SSSR count). The van der Waals surface area contributed by atoms with Gasteiger partial charge in [0.25, 0.3) is 0 Å². The highest BCUT2D eigenvalue weighted by Crippen LogP contribution is 2.35.